The van der Waals surface area contributed by atoms with Crippen LogP contribution in [0.4, 0.5) is 0 Å². The molecule has 0 heterocycles. The molecule has 0 aliphatic rings. The van der Waals surface area contributed by atoms with E-state index in [1.54, 1.807) is 0 Å². The molecule has 0 spiro atoms. The third-order valence-electron chi connectivity index (χ3n) is 2.17. The molecule has 0 N–H and O–H groups in total. The van der Waals surface area contributed by atoms with Crippen LogP contribution in [0.2, 0.25) is 0 Å². The predicted octanol–water partition coefficient (Wildman–Crippen LogP) is -0.484. The Hall–Kier alpha value is -2.66. The lowest BCUT2D eigenvalue weighted by atomic mass is 9.90. The Morgan fingerprint density at radius 2 is 1.24 bits per heavy atom. The SMILES string of the molecule is CCOC(=O)C(CO[N+](=O)[O-])(CO[N+](=O)[O-])C(=O)OCC. The molecule has 0 saturated carbocycles. The van der Waals surface area contributed by atoms with Gasteiger partial charge in [0.05, 0.1) is 13.2 Å². The van der Waals surface area contributed by atoms with Crippen molar-refractivity contribution in [3.8, 4) is 0 Å². The molecule has 0 aromatic rings. The fraction of sp³-hybridized carbons (Fsp3) is 0.778. The van der Waals surface area contributed by atoms with E-state index in [1.807, 2.05) is 0 Å². The van der Waals surface area contributed by atoms with Crippen LogP contribution >= 0.6 is 0 Å². The smallest absolute Gasteiger partial charge is 0.327 e. The fourth-order valence-electron chi connectivity index (χ4n) is 1.22. The summed E-state index contributed by atoms with van der Waals surface area (Å²) in [5.41, 5.74) is -2.47. The third kappa shape index (κ3) is 5.46. The minimum atomic E-state index is -2.47. The summed E-state index contributed by atoms with van der Waals surface area (Å²) in [6.45, 7) is 0.220. The summed E-state index contributed by atoms with van der Waals surface area (Å²) in [6.07, 6.45) is 0. The molecule has 0 aromatic carbocycles. The van der Waals surface area contributed by atoms with Crippen molar-refractivity contribution in [3.63, 3.8) is 0 Å². The van der Waals surface area contributed by atoms with Crippen LogP contribution < -0.4 is 0 Å². The highest BCUT2D eigenvalue weighted by Crippen LogP contribution is 2.24. The van der Waals surface area contributed by atoms with Gasteiger partial charge in [-0.2, -0.15) is 0 Å². The van der Waals surface area contributed by atoms with Crippen molar-refractivity contribution in [3.05, 3.63) is 20.2 Å². The standard InChI is InChI=1S/C9H14N2O10/c1-3-18-7(12)9(5-20-10(14)15,6-21-11(16)17)8(13)19-4-2/h3-6H2,1-2H3. The van der Waals surface area contributed by atoms with Gasteiger partial charge in [0.1, 0.15) is 13.2 Å². The van der Waals surface area contributed by atoms with Crippen LogP contribution in [-0.2, 0) is 28.7 Å². The highest BCUT2D eigenvalue weighted by atomic mass is 17.0. The number of hydrogen-bond acceptors (Lipinski definition) is 10. The lowest BCUT2D eigenvalue weighted by Gasteiger charge is -2.26. The molecule has 0 amide bonds. The van der Waals surface area contributed by atoms with Crippen molar-refractivity contribution in [1.29, 1.82) is 0 Å². The van der Waals surface area contributed by atoms with E-state index < -0.39 is 40.7 Å². The molecule has 0 atom stereocenters. The summed E-state index contributed by atoms with van der Waals surface area (Å²) in [5, 5.41) is 18.0. The Labute approximate surface area is 118 Å². The molecule has 0 bridgehead atoms. The Kier molecular flexibility index (Phi) is 7.42. The lowest BCUT2D eigenvalue weighted by Crippen LogP contribution is -2.50. The van der Waals surface area contributed by atoms with Gasteiger partial charge in [0.15, 0.2) is 0 Å². The zero-order valence-corrected chi connectivity index (χ0v) is 11.3. The predicted molar refractivity (Wildman–Crippen MR) is 61.6 cm³/mol. The van der Waals surface area contributed by atoms with Gasteiger partial charge >= 0.3 is 11.9 Å². The first-order chi connectivity index (χ1) is 9.80. The minimum absolute atomic E-state index is 0.170. The van der Waals surface area contributed by atoms with Gasteiger partial charge in [-0.3, -0.25) is 9.59 Å². The van der Waals surface area contributed by atoms with Crippen LogP contribution in [0.3, 0.4) is 0 Å². The van der Waals surface area contributed by atoms with Crippen molar-refractivity contribution < 1.29 is 38.9 Å². The molecule has 0 radical (unpaired) electrons. The number of carbonyl (C=O) groups excluding carboxylic acids is 2. The van der Waals surface area contributed by atoms with Crippen molar-refractivity contribution in [1.82, 2.24) is 0 Å². The van der Waals surface area contributed by atoms with E-state index in [0.717, 1.165) is 0 Å². The van der Waals surface area contributed by atoms with Crippen LogP contribution in [-0.4, -0.2) is 48.5 Å². The molecule has 12 heteroatoms. The zero-order chi connectivity index (χ0) is 16.5. The molecule has 0 aliphatic carbocycles. The summed E-state index contributed by atoms with van der Waals surface area (Å²) in [7, 11) is 0. The monoisotopic (exact) mass is 310 g/mol. The maximum absolute atomic E-state index is 11.9. The van der Waals surface area contributed by atoms with Crippen molar-refractivity contribution >= 4 is 11.9 Å². The molecule has 21 heavy (non-hydrogen) atoms. The van der Waals surface area contributed by atoms with E-state index in [0.29, 0.717) is 0 Å². The molecular weight excluding hydrogens is 296 g/mol. The summed E-state index contributed by atoms with van der Waals surface area (Å²) in [5.74, 6) is -2.57. The second kappa shape index (κ2) is 8.50. The van der Waals surface area contributed by atoms with Crippen LogP contribution in [0.25, 0.3) is 0 Å². The first-order valence-corrected chi connectivity index (χ1v) is 5.69. The second-order valence-corrected chi connectivity index (χ2v) is 3.52. The molecule has 0 rings (SSSR count). The van der Waals surface area contributed by atoms with Crippen LogP contribution in [0.5, 0.6) is 0 Å². The molecule has 12 nitrogen and oxygen atoms in total. The summed E-state index contributed by atoms with van der Waals surface area (Å²) in [4.78, 5) is 52.2. The molecule has 0 aromatic heterocycles. The topological polar surface area (TPSA) is 157 Å². The average molecular weight is 310 g/mol. The largest absolute Gasteiger partial charge is 0.465 e. The first-order valence-electron chi connectivity index (χ1n) is 5.69. The number of carbonyl (C=O) groups is 2. The second-order valence-electron chi connectivity index (χ2n) is 3.52. The zero-order valence-electron chi connectivity index (χ0n) is 11.3. The van der Waals surface area contributed by atoms with Gasteiger partial charge in [-0.05, 0) is 13.8 Å². The van der Waals surface area contributed by atoms with E-state index in [9.17, 15) is 29.8 Å². The maximum atomic E-state index is 11.9. The Morgan fingerprint density at radius 3 is 1.48 bits per heavy atom. The van der Waals surface area contributed by atoms with E-state index in [-0.39, 0.29) is 13.2 Å². The van der Waals surface area contributed by atoms with Gasteiger partial charge < -0.3 is 19.1 Å². The molecule has 0 saturated heterocycles. The van der Waals surface area contributed by atoms with Crippen LogP contribution in [0, 0.1) is 25.6 Å². The quantitative estimate of drug-likeness (QED) is 0.223. The number of rotatable bonds is 10. The number of esters is 2. The van der Waals surface area contributed by atoms with Gasteiger partial charge in [0, 0.05) is 0 Å². The van der Waals surface area contributed by atoms with E-state index >= 15 is 0 Å². The van der Waals surface area contributed by atoms with Crippen LogP contribution in [0.15, 0.2) is 0 Å². The number of ether oxygens (including phenoxy) is 2. The highest BCUT2D eigenvalue weighted by molar-refractivity contribution is 6.00. The molecule has 0 fully saturated rings. The van der Waals surface area contributed by atoms with E-state index in [2.05, 4.69) is 19.1 Å². The number of hydrogen-bond donors (Lipinski definition) is 0. The average Bonchev–Trinajstić information content (AvgIpc) is 2.39. The molecule has 0 aliphatic heterocycles. The summed E-state index contributed by atoms with van der Waals surface area (Å²) < 4.78 is 9.19. The van der Waals surface area contributed by atoms with Gasteiger partial charge in [-0.15, -0.1) is 20.2 Å². The minimum Gasteiger partial charge on any atom is -0.465 e. The molecule has 0 unspecified atom stereocenters. The van der Waals surface area contributed by atoms with Crippen molar-refractivity contribution in [2.24, 2.45) is 5.41 Å². The van der Waals surface area contributed by atoms with Gasteiger partial charge in [-0.1, -0.05) is 0 Å². The first kappa shape index (κ1) is 18.3. The normalized spacial score (nSPS) is 10.4. The summed E-state index contributed by atoms with van der Waals surface area (Å²) in [6, 6.07) is 0. The van der Waals surface area contributed by atoms with Crippen molar-refractivity contribution in [2.75, 3.05) is 26.4 Å². The Morgan fingerprint density at radius 1 is 0.905 bits per heavy atom. The Bertz CT molecular complexity index is 371. The highest BCUT2D eigenvalue weighted by Gasteiger charge is 2.51. The third-order valence-corrected chi connectivity index (χ3v) is 2.17. The number of nitrogens with zero attached hydrogens (tertiary/aromatic N) is 2. The van der Waals surface area contributed by atoms with Gasteiger partial charge in [-0.25, -0.2) is 0 Å². The van der Waals surface area contributed by atoms with Crippen molar-refractivity contribution in [2.45, 2.75) is 13.8 Å². The summed E-state index contributed by atoms with van der Waals surface area (Å²) >= 11 is 0. The molecular formula is C9H14N2O10. The van der Waals surface area contributed by atoms with Gasteiger partial charge in [0.25, 0.3) is 10.2 Å². The van der Waals surface area contributed by atoms with Gasteiger partial charge in [0.2, 0.25) is 5.41 Å². The lowest BCUT2D eigenvalue weighted by molar-refractivity contribution is -0.769. The fourth-order valence-corrected chi connectivity index (χ4v) is 1.22. The Balaban J connectivity index is 5.44. The maximum Gasteiger partial charge on any atom is 0.327 e. The molecule has 120 valence electrons. The van der Waals surface area contributed by atoms with E-state index in [1.165, 1.54) is 13.8 Å². The van der Waals surface area contributed by atoms with Crippen LogP contribution in [0.1, 0.15) is 13.8 Å². The van der Waals surface area contributed by atoms with E-state index in [4.69, 9.17) is 0 Å².